The first-order chi connectivity index (χ1) is 15.6. The molecule has 0 aromatic heterocycles. The third-order valence-corrected chi connectivity index (χ3v) is 5.77. The van der Waals surface area contributed by atoms with Crippen LogP contribution in [0.2, 0.25) is 0 Å². The van der Waals surface area contributed by atoms with Crippen LogP contribution in [0, 0.1) is 0 Å². The maximum atomic E-state index is 10.6. The Morgan fingerprint density at radius 1 is 1.00 bits per heavy atom. The van der Waals surface area contributed by atoms with Crippen LogP contribution in [-0.2, 0) is 0 Å². The van der Waals surface area contributed by atoms with Gasteiger partial charge in [0, 0.05) is 13.1 Å². The van der Waals surface area contributed by atoms with E-state index in [1.165, 1.54) is 18.4 Å². The van der Waals surface area contributed by atoms with Gasteiger partial charge in [-0.1, -0.05) is 24.3 Å². The summed E-state index contributed by atoms with van der Waals surface area (Å²) in [5.74, 6) is 2.29. The van der Waals surface area contributed by atoms with E-state index in [9.17, 15) is 5.11 Å². The number of guanidine groups is 1. The molecule has 2 aromatic carbocycles. The van der Waals surface area contributed by atoms with E-state index in [-0.39, 0.29) is 30.0 Å². The predicted molar refractivity (Wildman–Crippen MR) is 144 cm³/mol. The zero-order chi connectivity index (χ0) is 22.8. The van der Waals surface area contributed by atoms with E-state index in [1.54, 1.807) is 14.2 Å². The Balaban J connectivity index is 0.00000385. The van der Waals surface area contributed by atoms with Crippen LogP contribution in [0.1, 0.15) is 43.0 Å². The van der Waals surface area contributed by atoms with Crippen molar-refractivity contribution in [2.45, 2.75) is 31.9 Å². The van der Waals surface area contributed by atoms with Gasteiger partial charge < -0.3 is 25.2 Å². The maximum Gasteiger partial charge on any atom is 0.191 e. The largest absolute Gasteiger partial charge is 0.497 e. The summed E-state index contributed by atoms with van der Waals surface area (Å²) in [6, 6.07) is 15.9. The number of hydrogen-bond donors (Lipinski definition) is 3. The molecule has 2 atom stereocenters. The molecule has 0 spiro atoms. The standard InChI is InChI=1S/C25H36N4O3.HI/c1-4-26-25(28-18-24(30)20-10-8-12-22(16-20)32-3)27-17-23(29-13-5-6-14-29)19-9-7-11-21(15-19)31-2;/h7-12,15-16,23-24,30H,4-6,13-14,17-18H2,1-3H3,(H2,26,27,28);1H. The molecule has 2 unspecified atom stereocenters. The average molecular weight is 569 g/mol. The molecule has 3 N–H and O–H groups in total. The number of aliphatic imine (C=N–C) groups is 1. The van der Waals surface area contributed by atoms with E-state index in [0.717, 1.165) is 36.7 Å². The van der Waals surface area contributed by atoms with Crippen molar-refractivity contribution < 1.29 is 14.6 Å². The SMILES string of the molecule is CCNC(=NCC(c1cccc(OC)c1)N1CCCC1)NCC(O)c1cccc(OC)c1.I. The lowest BCUT2D eigenvalue weighted by Gasteiger charge is -2.27. The fourth-order valence-corrected chi connectivity index (χ4v) is 4.01. The van der Waals surface area contributed by atoms with Crippen LogP contribution in [0.4, 0.5) is 0 Å². The van der Waals surface area contributed by atoms with E-state index in [2.05, 4.69) is 27.7 Å². The predicted octanol–water partition coefficient (Wildman–Crippen LogP) is 3.75. The van der Waals surface area contributed by atoms with Crippen LogP contribution < -0.4 is 20.1 Å². The lowest BCUT2D eigenvalue weighted by atomic mass is 10.1. The van der Waals surface area contributed by atoms with Crippen molar-refractivity contribution in [3.63, 3.8) is 0 Å². The lowest BCUT2D eigenvalue weighted by molar-refractivity contribution is 0.180. The van der Waals surface area contributed by atoms with Crippen LogP contribution in [-0.4, -0.2) is 62.9 Å². The second-order valence-electron chi connectivity index (χ2n) is 7.93. The summed E-state index contributed by atoms with van der Waals surface area (Å²) in [5, 5.41) is 17.2. The molecule has 1 aliphatic heterocycles. The number of aliphatic hydroxyl groups excluding tert-OH is 1. The van der Waals surface area contributed by atoms with Crippen molar-refractivity contribution in [3.8, 4) is 11.5 Å². The Morgan fingerprint density at radius 3 is 2.21 bits per heavy atom. The van der Waals surface area contributed by atoms with Crippen molar-refractivity contribution in [1.82, 2.24) is 15.5 Å². The zero-order valence-corrected chi connectivity index (χ0v) is 22.1. The summed E-state index contributed by atoms with van der Waals surface area (Å²) in [7, 11) is 3.32. The Morgan fingerprint density at radius 2 is 1.61 bits per heavy atom. The number of ether oxygens (including phenoxy) is 2. The van der Waals surface area contributed by atoms with E-state index in [0.29, 0.717) is 19.0 Å². The molecule has 0 saturated carbocycles. The Bertz CT molecular complexity index is 874. The molecule has 0 radical (unpaired) electrons. The van der Waals surface area contributed by atoms with Crippen LogP contribution in [0.25, 0.3) is 0 Å². The normalized spacial score (nSPS) is 15.9. The summed E-state index contributed by atoms with van der Waals surface area (Å²) >= 11 is 0. The minimum Gasteiger partial charge on any atom is -0.497 e. The van der Waals surface area contributed by atoms with Gasteiger partial charge in [0.05, 0.1) is 32.9 Å². The van der Waals surface area contributed by atoms with Crippen molar-refractivity contribution in [2.75, 3.05) is 46.9 Å². The molecular weight excluding hydrogens is 531 g/mol. The van der Waals surface area contributed by atoms with Crippen molar-refractivity contribution >= 4 is 29.9 Å². The van der Waals surface area contributed by atoms with Gasteiger partial charge in [-0.05, 0) is 68.2 Å². The van der Waals surface area contributed by atoms with Gasteiger partial charge in [0.2, 0.25) is 0 Å². The molecule has 33 heavy (non-hydrogen) atoms. The number of nitrogens with zero attached hydrogens (tertiary/aromatic N) is 2. The fourth-order valence-electron chi connectivity index (χ4n) is 4.01. The van der Waals surface area contributed by atoms with E-state index in [1.807, 2.05) is 43.3 Å². The third-order valence-electron chi connectivity index (χ3n) is 5.77. The number of benzene rings is 2. The smallest absolute Gasteiger partial charge is 0.191 e. The van der Waals surface area contributed by atoms with Crippen molar-refractivity contribution in [3.05, 3.63) is 59.7 Å². The molecule has 0 amide bonds. The molecule has 1 aliphatic rings. The molecule has 7 nitrogen and oxygen atoms in total. The van der Waals surface area contributed by atoms with E-state index < -0.39 is 6.10 Å². The van der Waals surface area contributed by atoms with Crippen LogP contribution in [0.5, 0.6) is 11.5 Å². The zero-order valence-electron chi connectivity index (χ0n) is 19.8. The quantitative estimate of drug-likeness (QED) is 0.230. The minimum absolute atomic E-state index is 0. The van der Waals surface area contributed by atoms with Gasteiger partial charge in [0.1, 0.15) is 11.5 Å². The summed E-state index contributed by atoms with van der Waals surface area (Å²) in [4.78, 5) is 7.36. The summed E-state index contributed by atoms with van der Waals surface area (Å²) in [5.41, 5.74) is 2.02. The minimum atomic E-state index is -0.665. The number of aliphatic hydroxyl groups is 1. The van der Waals surface area contributed by atoms with Crippen LogP contribution >= 0.6 is 24.0 Å². The van der Waals surface area contributed by atoms with Gasteiger partial charge in [0.25, 0.3) is 0 Å². The van der Waals surface area contributed by atoms with Crippen LogP contribution in [0.3, 0.4) is 0 Å². The molecule has 1 saturated heterocycles. The summed E-state index contributed by atoms with van der Waals surface area (Å²) < 4.78 is 10.7. The van der Waals surface area contributed by atoms with Crippen molar-refractivity contribution in [2.24, 2.45) is 4.99 Å². The monoisotopic (exact) mass is 568 g/mol. The van der Waals surface area contributed by atoms with Gasteiger partial charge in [-0.25, -0.2) is 0 Å². The highest BCUT2D eigenvalue weighted by atomic mass is 127. The summed E-state index contributed by atoms with van der Waals surface area (Å²) in [6.07, 6.45) is 1.77. The first-order valence-electron chi connectivity index (χ1n) is 11.4. The Kier molecular flexibility index (Phi) is 11.8. The molecule has 0 aliphatic carbocycles. The molecule has 1 fully saturated rings. The highest BCUT2D eigenvalue weighted by molar-refractivity contribution is 14.0. The molecule has 3 rings (SSSR count). The lowest BCUT2D eigenvalue weighted by Crippen LogP contribution is -2.40. The third kappa shape index (κ3) is 8.04. The van der Waals surface area contributed by atoms with Gasteiger partial charge in [-0.15, -0.1) is 24.0 Å². The molecule has 182 valence electrons. The van der Waals surface area contributed by atoms with Gasteiger partial charge >= 0.3 is 0 Å². The van der Waals surface area contributed by atoms with Crippen LogP contribution in [0.15, 0.2) is 53.5 Å². The van der Waals surface area contributed by atoms with Gasteiger partial charge in [-0.3, -0.25) is 9.89 Å². The Labute approximate surface area is 214 Å². The molecule has 2 aromatic rings. The highest BCUT2D eigenvalue weighted by Crippen LogP contribution is 2.28. The molecule has 0 bridgehead atoms. The number of rotatable bonds is 10. The number of hydrogen-bond acceptors (Lipinski definition) is 5. The Hall–Kier alpha value is -2.04. The maximum absolute atomic E-state index is 10.6. The van der Waals surface area contributed by atoms with Gasteiger partial charge in [0.15, 0.2) is 5.96 Å². The topological polar surface area (TPSA) is 78.4 Å². The van der Waals surface area contributed by atoms with E-state index in [4.69, 9.17) is 14.5 Å². The second kappa shape index (κ2) is 14.3. The number of likely N-dealkylation sites (tertiary alicyclic amines) is 1. The van der Waals surface area contributed by atoms with Gasteiger partial charge in [-0.2, -0.15) is 0 Å². The molecular formula is C25H37IN4O3. The average Bonchev–Trinajstić information content (AvgIpc) is 3.37. The fraction of sp³-hybridized carbons (Fsp3) is 0.480. The first-order valence-corrected chi connectivity index (χ1v) is 11.4. The highest BCUT2D eigenvalue weighted by Gasteiger charge is 2.24. The number of methoxy groups -OCH3 is 2. The number of halogens is 1. The first kappa shape index (κ1) is 27.2. The van der Waals surface area contributed by atoms with Crippen molar-refractivity contribution in [1.29, 1.82) is 0 Å². The molecule has 8 heteroatoms. The number of nitrogens with one attached hydrogen (secondary N) is 2. The summed E-state index contributed by atoms with van der Waals surface area (Å²) in [6.45, 7) is 5.92. The molecule has 1 heterocycles. The second-order valence-corrected chi connectivity index (χ2v) is 7.93. The van der Waals surface area contributed by atoms with E-state index >= 15 is 0 Å².